The number of aryl methyl sites for hydroxylation is 1. The summed E-state index contributed by atoms with van der Waals surface area (Å²) in [5.41, 5.74) is 2.52. The molecule has 2 saturated heterocycles. The van der Waals surface area contributed by atoms with E-state index in [9.17, 15) is 39.0 Å². The molecule has 0 aliphatic carbocycles. The summed E-state index contributed by atoms with van der Waals surface area (Å²) in [7, 11) is 8.88. The Hall–Kier alpha value is -7.50. The number of methoxy groups -OCH3 is 1. The molecule has 416 valence electrons. The molecule has 21 nitrogen and oxygen atoms in total. The first-order chi connectivity index (χ1) is 37.3. The number of hydrogen-bond donors (Lipinski definition) is 5. The van der Waals surface area contributed by atoms with Crippen LogP contribution in [0, 0.1) is 0 Å². The fraction of sp³-hybridized carbons (Fsp3) is 0.429. The van der Waals surface area contributed by atoms with Gasteiger partial charge in [0.1, 0.15) is 18.1 Å². The van der Waals surface area contributed by atoms with Crippen molar-refractivity contribution in [2.45, 2.75) is 89.7 Å². The van der Waals surface area contributed by atoms with E-state index in [1.165, 1.54) is 41.5 Å². The molecule has 5 N–H and O–H groups in total. The molecule has 2 fully saturated rings. The third-order valence-corrected chi connectivity index (χ3v) is 14.7. The van der Waals surface area contributed by atoms with Gasteiger partial charge < -0.3 is 69.1 Å². The molecule has 22 heteroatoms. The fourth-order valence-electron chi connectivity index (χ4n) is 9.72. The van der Waals surface area contributed by atoms with Gasteiger partial charge >= 0.3 is 6.09 Å². The lowest BCUT2D eigenvalue weighted by atomic mass is 10.1. The number of anilines is 3. The zero-order valence-corrected chi connectivity index (χ0v) is 45.8. The summed E-state index contributed by atoms with van der Waals surface area (Å²) >= 11 is 1.40. The molecule has 5 aromatic rings. The van der Waals surface area contributed by atoms with E-state index in [1.54, 1.807) is 60.9 Å². The first kappa shape index (κ1) is 56.7. The minimum atomic E-state index is -1.58. The number of aromatic nitrogens is 1. The number of aliphatic hydroxyl groups is 2. The van der Waals surface area contributed by atoms with E-state index in [1.807, 2.05) is 39.2 Å². The molecule has 2 unspecified atom stereocenters. The number of hydrogen-bond acceptors (Lipinski definition) is 15. The van der Waals surface area contributed by atoms with Crippen molar-refractivity contribution >= 4 is 74.1 Å². The van der Waals surface area contributed by atoms with Gasteiger partial charge in [-0.1, -0.05) is 18.2 Å². The molecule has 6 amide bonds. The van der Waals surface area contributed by atoms with E-state index in [-0.39, 0.29) is 97.4 Å². The van der Waals surface area contributed by atoms with Crippen molar-refractivity contribution in [1.82, 2.24) is 24.6 Å². The Balaban J connectivity index is 0.903. The summed E-state index contributed by atoms with van der Waals surface area (Å²) in [6.07, 6.45) is -0.654. The van der Waals surface area contributed by atoms with Crippen molar-refractivity contribution in [3.05, 3.63) is 106 Å². The molecule has 3 aliphatic rings. The summed E-state index contributed by atoms with van der Waals surface area (Å²) in [5, 5.41) is 31.6. The monoisotopic (exact) mass is 1090 g/mol. The standard InChI is InChI=1S/C56H68N8O13S/c1-9-57-51(67)40-22-34(13-15-44(40)77-50-26-38(65)21-33(3)76-50)31-75-56(72)64-41-28-46(45(73-8)27-39(41)53(69)63-29-32(2)20-43(63)54(64)70)74-19-10-12-49(66)58-37-25-42(62(7)30-37)52(68)59-36-14-16-47-35(23-36)24-48(78-47)55(71)61(6)18-11-17-60(4)5/h13-16,22-25,27-28,30,33,38,43,50,54,65,70H,2,9-12,17-21,26,29,31H2,1,3-8H3,(H,57,67)(H,58,66)(H,59,68)/t33-,38+,43?,50+,54?/m1/s1. The van der Waals surface area contributed by atoms with E-state index in [0.717, 1.165) is 28.0 Å². The molecule has 0 saturated carbocycles. The van der Waals surface area contributed by atoms with Crippen molar-refractivity contribution in [2.75, 3.05) is 76.6 Å². The van der Waals surface area contributed by atoms with Crippen LogP contribution in [0.25, 0.3) is 10.1 Å². The van der Waals surface area contributed by atoms with Gasteiger partial charge in [-0.05, 0) is 120 Å². The van der Waals surface area contributed by atoms with Gasteiger partial charge in [0.2, 0.25) is 12.2 Å². The molecule has 5 atom stereocenters. The number of amides is 6. The van der Waals surface area contributed by atoms with E-state index in [4.69, 9.17) is 23.7 Å². The van der Waals surface area contributed by atoms with Crippen LogP contribution in [0.2, 0.25) is 0 Å². The Kier molecular flexibility index (Phi) is 18.1. The van der Waals surface area contributed by atoms with Crippen LogP contribution in [0.15, 0.2) is 79.0 Å². The maximum atomic E-state index is 14.3. The Morgan fingerprint density at radius 1 is 0.910 bits per heavy atom. The Labute approximate surface area is 456 Å². The number of carbonyl (C=O) groups excluding carboxylic acids is 6. The molecular formula is C56H68N8O13S. The second-order valence-corrected chi connectivity index (χ2v) is 21.1. The van der Waals surface area contributed by atoms with E-state index < -0.39 is 48.5 Å². The summed E-state index contributed by atoms with van der Waals surface area (Å²) in [5.74, 6) is -1.23. The van der Waals surface area contributed by atoms with Gasteiger partial charge in [0.05, 0.1) is 59.3 Å². The number of rotatable bonds is 20. The average molecular weight is 1090 g/mol. The normalized spacial score (nSPS) is 19.0. The van der Waals surface area contributed by atoms with Gasteiger partial charge in [-0.15, -0.1) is 11.3 Å². The number of ether oxygens (including phenoxy) is 5. The van der Waals surface area contributed by atoms with Gasteiger partial charge in [-0.2, -0.15) is 0 Å². The van der Waals surface area contributed by atoms with Gasteiger partial charge in [0.15, 0.2) is 17.7 Å². The summed E-state index contributed by atoms with van der Waals surface area (Å²) in [4.78, 5) is 88.4. The molecule has 3 aliphatic heterocycles. The quantitative estimate of drug-likeness (QED) is 0.0409. The third kappa shape index (κ3) is 13.2. The summed E-state index contributed by atoms with van der Waals surface area (Å²) < 4.78 is 32.0. The first-order valence-corrected chi connectivity index (χ1v) is 26.7. The highest BCUT2D eigenvalue weighted by atomic mass is 32.1. The summed E-state index contributed by atoms with van der Waals surface area (Å²) in [6.45, 7) is 9.28. The van der Waals surface area contributed by atoms with Crippen LogP contribution in [-0.4, -0.2) is 157 Å². The van der Waals surface area contributed by atoms with Crippen molar-refractivity contribution in [1.29, 1.82) is 0 Å². The summed E-state index contributed by atoms with van der Waals surface area (Å²) in [6, 6.07) is 15.6. The van der Waals surface area contributed by atoms with Crippen LogP contribution in [-0.2, 0) is 27.9 Å². The second-order valence-electron chi connectivity index (χ2n) is 20.0. The van der Waals surface area contributed by atoms with Crippen LogP contribution in [0.3, 0.4) is 0 Å². The highest BCUT2D eigenvalue weighted by Crippen LogP contribution is 2.42. The zero-order chi connectivity index (χ0) is 55.9. The van der Waals surface area contributed by atoms with Gasteiger partial charge in [0, 0.05) is 69.2 Å². The minimum absolute atomic E-state index is 0.00172. The highest BCUT2D eigenvalue weighted by molar-refractivity contribution is 7.20. The molecule has 2 aromatic heterocycles. The Bertz CT molecular complexity index is 3070. The number of aliphatic hydroxyl groups excluding tert-OH is 2. The number of benzene rings is 3. The predicted molar refractivity (Wildman–Crippen MR) is 294 cm³/mol. The van der Waals surface area contributed by atoms with E-state index >= 15 is 0 Å². The average Bonchev–Trinajstić information content (AvgIpc) is 4.11. The lowest BCUT2D eigenvalue weighted by Crippen LogP contribution is -2.50. The van der Waals surface area contributed by atoms with E-state index in [2.05, 4.69) is 27.4 Å². The van der Waals surface area contributed by atoms with E-state index in [0.29, 0.717) is 52.6 Å². The molecule has 8 rings (SSSR count). The largest absolute Gasteiger partial charge is 0.493 e. The van der Waals surface area contributed by atoms with Crippen LogP contribution in [0.4, 0.5) is 21.9 Å². The first-order valence-electron chi connectivity index (χ1n) is 25.9. The van der Waals surface area contributed by atoms with Crippen molar-refractivity contribution in [3.63, 3.8) is 0 Å². The molecule has 0 radical (unpaired) electrons. The second kappa shape index (κ2) is 24.9. The molecule has 0 bridgehead atoms. The number of carbonyl (C=O) groups is 6. The molecule has 0 spiro atoms. The number of nitrogens with one attached hydrogen (secondary N) is 3. The SMILES string of the molecule is C=C1CC2C(O)N(C(=O)OCc3ccc(O[C@H]4C[C@@H](O)C[C@@H](C)O4)c(C(=O)NCC)c3)c3cc(OCCCC(=O)Nc4cc(C(=O)Nc5ccc6sc(C(=O)N(C)CCCN(C)C)cc6c5)n(C)c4)c(OC)cc3C(=O)N2C1. The number of thiophene rings is 1. The van der Waals surface area contributed by atoms with Crippen LogP contribution < -0.4 is 35.1 Å². The van der Waals surface area contributed by atoms with Gasteiger partial charge in [0.25, 0.3) is 23.6 Å². The lowest BCUT2D eigenvalue weighted by Gasteiger charge is -2.32. The Morgan fingerprint density at radius 2 is 1.71 bits per heavy atom. The van der Waals surface area contributed by atoms with Crippen LogP contribution >= 0.6 is 11.3 Å². The fourth-order valence-corrected chi connectivity index (χ4v) is 10.8. The van der Waals surface area contributed by atoms with Gasteiger partial charge in [-0.3, -0.25) is 24.0 Å². The third-order valence-electron chi connectivity index (χ3n) is 13.6. The maximum absolute atomic E-state index is 14.3. The number of fused-ring (bicyclic) bond motifs is 3. The minimum Gasteiger partial charge on any atom is -0.493 e. The van der Waals surface area contributed by atoms with Crippen LogP contribution in [0.5, 0.6) is 17.2 Å². The van der Waals surface area contributed by atoms with Crippen molar-refractivity contribution in [3.8, 4) is 17.2 Å². The Morgan fingerprint density at radius 3 is 2.45 bits per heavy atom. The van der Waals surface area contributed by atoms with Crippen molar-refractivity contribution in [2.24, 2.45) is 7.05 Å². The predicted octanol–water partition coefficient (Wildman–Crippen LogP) is 6.58. The highest BCUT2D eigenvalue weighted by Gasteiger charge is 2.46. The lowest BCUT2D eigenvalue weighted by molar-refractivity contribution is -0.170. The van der Waals surface area contributed by atoms with Gasteiger partial charge in [-0.25, -0.2) is 9.69 Å². The zero-order valence-electron chi connectivity index (χ0n) is 45.0. The number of nitrogens with zero attached hydrogens (tertiary/aromatic N) is 5. The molecule has 5 heterocycles. The smallest absolute Gasteiger partial charge is 0.416 e. The molecule has 78 heavy (non-hydrogen) atoms. The molecule has 3 aromatic carbocycles. The van der Waals surface area contributed by atoms with Crippen molar-refractivity contribution < 1.29 is 62.7 Å². The van der Waals surface area contributed by atoms with Crippen LogP contribution in [0.1, 0.15) is 98.8 Å². The molecular weight excluding hydrogens is 1020 g/mol. The maximum Gasteiger partial charge on any atom is 0.416 e. The topological polar surface area (TPSA) is 243 Å².